The number of hydrogen-bond acceptors (Lipinski definition) is 4. The van der Waals surface area contributed by atoms with E-state index in [0.717, 1.165) is 12.8 Å². The fourth-order valence-electron chi connectivity index (χ4n) is 3.93. The summed E-state index contributed by atoms with van der Waals surface area (Å²) in [4.78, 5) is 11.9. The topological polar surface area (TPSA) is 81.3 Å². The molecule has 6 nitrogen and oxygen atoms in total. The molecule has 1 heterocycles. The molecule has 2 aliphatic rings. The highest BCUT2D eigenvalue weighted by Gasteiger charge is 2.52. The van der Waals surface area contributed by atoms with Crippen molar-refractivity contribution < 1.29 is 12.8 Å². The molecular formula is C16H20N2O4S. The zero-order chi connectivity index (χ0) is 16.2. The van der Waals surface area contributed by atoms with E-state index in [-0.39, 0.29) is 10.9 Å². The van der Waals surface area contributed by atoms with E-state index in [2.05, 4.69) is 4.72 Å². The summed E-state index contributed by atoms with van der Waals surface area (Å²) in [6, 6.07) is 4.69. The van der Waals surface area contributed by atoms with Crippen LogP contribution in [0.4, 0.5) is 0 Å². The molecule has 124 valence electrons. The third-order valence-electron chi connectivity index (χ3n) is 5.21. The average Bonchev–Trinajstić information content (AvgIpc) is 3.10. The van der Waals surface area contributed by atoms with Gasteiger partial charge in [0.1, 0.15) is 0 Å². The van der Waals surface area contributed by atoms with Gasteiger partial charge in [-0.3, -0.25) is 4.57 Å². The lowest BCUT2D eigenvalue weighted by Gasteiger charge is -2.06. The number of fused-ring (bicyclic) bond motifs is 2. The van der Waals surface area contributed by atoms with E-state index in [1.54, 1.807) is 6.07 Å². The van der Waals surface area contributed by atoms with Crippen LogP contribution in [-0.2, 0) is 16.6 Å². The largest absolute Gasteiger partial charge is 0.419 e. The molecule has 2 unspecified atom stereocenters. The van der Waals surface area contributed by atoms with Gasteiger partial charge in [-0.1, -0.05) is 12.8 Å². The van der Waals surface area contributed by atoms with Crippen LogP contribution in [-0.4, -0.2) is 19.0 Å². The number of nitrogens with zero attached hydrogens (tertiary/aromatic N) is 1. The Kier molecular flexibility index (Phi) is 3.39. The van der Waals surface area contributed by atoms with Crippen LogP contribution in [0, 0.1) is 11.8 Å². The van der Waals surface area contributed by atoms with Crippen LogP contribution in [0.2, 0.25) is 0 Å². The molecule has 0 amide bonds. The first-order chi connectivity index (χ1) is 11.0. The van der Waals surface area contributed by atoms with Crippen molar-refractivity contribution in [3.05, 3.63) is 28.7 Å². The number of rotatable bonds is 4. The Bertz CT molecular complexity index is 900. The smallest absolute Gasteiger partial charge is 0.408 e. The fraction of sp³-hybridized carbons (Fsp3) is 0.562. The summed E-state index contributed by atoms with van der Waals surface area (Å²) in [5.41, 5.74) is 0.935. The summed E-state index contributed by atoms with van der Waals surface area (Å²) in [6.07, 6.45) is 4.62. The minimum Gasteiger partial charge on any atom is -0.408 e. The number of benzene rings is 1. The van der Waals surface area contributed by atoms with Crippen molar-refractivity contribution in [2.24, 2.45) is 11.8 Å². The van der Waals surface area contributed by atoms with Gasteiger partial charge in [0.2, 0.25) is 10.0 Å². The standard InChI is InChI=1S/C16H20N2O4S/c1-2-18-13-8-7-10(9-14(13)22-16(18)19)23(20,21)17-15-11-5-3-4-6-12(11)15/h7-9,11-12,15,17H,2-6H2,1H3. The number of aromatic nitrogens is 1. The predicted octanol–water partition coefficient (Wildman–Crippen LogP) is 2.08. The third-order valence-corrected chi connectivity index (χ3v) is 6.67. The van der Waals surface area contributed by atoms with Crippen LogP contribution in [0.15, 0.2) is 32.3 Å². The Morgan fingerprint density at radius 1 is 1.26 bits per heavy atom. The molecule has 2 fully saturated rings. The molecule has 2 atom stereocenters. The molecule has 23 heavy (non-hydrogen) atoms. The molecule has 0 spiro atoms. The quantitative estimate of drug-likeness (QED) is 0.927. The predicted molar refractivity (Wildman–Crippen MR) is 85.7 cm³/mol. The fourth-order valence-corrected chi connectivity index (χ4v) is 5.28. The van der Waals surface area contributed by atoms with Crippen LogP contribution in [0.1, 0.15) is 32.6 Å². The second-order valence-corrected chi connectivity index (χ2v) is 8.21. The van der Waals surface area contributed by atoms with Crippen molar-refractivity contribution >= 4 is 21.1 Å². The maximum atomic E-state index is 12.6. The minimum absolute atomic E-state index is 0.0745. The summed E-state index contributed by atoms with van der Waals surface area (Å²) in [7, 11) is -3.58. The number of nitrogens with one attached hydrogen (secondary N) is 1. The van der Waals surface area contributed by atoms with E-state index in [1.807, 2.05) is 6.92 Å². The van der Waals surface area contributed by atoms with Gasteiger partial charge >= 0.3 is 5.76 Å². The van der Waals surface area contributed by atoms with Crippen LogP contribution in [0.3, 0.4) is 0 Å². The summed E-state index contributed by atoms with van der Waals surface area (Å²) >= 11 is 0. The Labute approximate surface area is 134 Å². The van der Waals surface area contributed by atoms with Gasteiger partial charge in [0.05, 0.1) is 10.4 Å². The lowest BCUT2D eigenvalue weighted by molar-refractivity contribution is 0.480. The van der Waals surface area contributed by atoms with E-state index in [9.17, 15) is 13.2 Å². The van der Waals surface area contributed by atoms with Crippen molar-refractivity contribution in [3.63, 3.8) is 0 Å². The highest BCUT2D eigenvalue weighted by molar-refractivity contribution is 7.89. The van der Waals surface area contributed by atoms with E-state index < -0.39 is 15.8 Å². The lowest BCUT2D eigenvalue weighted by Crippen LogP contribution is -2.27. The van der Waals surface area contributed by atoms with Gasteiger partial charge < -0.3 is 4.42 Å². The Balaban J connectivity index is 1.64. The van der Waals surface area contributed by atoms with Crippen LogP contribution in [0.25, 0.3) is 11.1 Å². The normalized spacial score (nSPS) is 27.1. The summed E-state index contributed by atoms with van der Waals surface area (Å²) < 4.78 is 34.7. The van der Waals surface area contributed by atoms with E-state index in [4.69, 9.17) is 4.42 Å². The first-order valence-corrected chi connectivity index (χ1v) is 9.65. The zero-order valence-electron chi connectivity index (χ0n) is 13.0. The number of sulfonamides is 1. The maximum Gasteiger partial charge on any atom is 0.419 e. The van der Waals surface area contributed by atoms with Crippen molar-refractivity contribution in [2.75, 3.05) is 0 Å². The third kappa shape index (κ3) is 2.42. The van der Waals surface area contributed by atoms with Gasteiger partial charge in [0.15, 0.2) is 5.58 Å². The molecule has 2 aromatic rings. The summed E-state index contributed by atoms with van der Waals surface area (Å²) in [5, 5.41) is 0. The minimum atomic E-state index is -3.58. The molecule has 7 heteroatoms. The van der Waals surface area contributed by atoms with E-state index >= 15 is 0 Å². The van der Waals surface area contributed by atoms with Gasteiger partial charge in [0.25, 0.3) is 0 Å². The maximum absolute atomic E-state index is 12.6. The second-order valence-electron chi connectivity index (χ2n) is 6.50. The van der Waals surface area contributed by atoms with Crippen molar-refractivity contribution in [3.8, 4) is 0 Å². The van der Waals surface area contributed by atoms with Crippen LogP contribution in [0.5, 0.6) is 0 Å². The molecule has 0 radical (unpaired) electrons. The molecule has 2 aliphatic carbocycles. The number of hydrogen-bond donors (Lipinski definition) is 1. The molecule has 0 saturated heterocycles. The first-order valence-electron chi connectivity index (χ1n) is 8.17. The summed E-state index contributed by atoms with van der Waals surface area (Å²) in [6.45, 7) is 2.33. The molecule has 1 aromatic heterocycles. The Hall–Kier alpha value is -1.60. The molecule has 2 saturated carbocycles. The number of oxazole rings is 1. The Morgan fingerprint density at radius 2 is 1.96 bits per heavy atom. The van der Waals surface area contributed by atoms with E-state index in [1.165, 1.54) is 29.5 Å². The first kappa shape index (κ1) is 15.0. The van der Waals surface area contributed by atoms with Gasteiger partial charge in [0, 0.05) is 18.7 Å². The van der Waals surface area contributed by atoms with Gasteiger partial charge in [-0.15, -0.1) is 0 Å². The SMILES string of the molecule is CCn1c(=O)oc2cc(S(=O)(=O)NC3C4CCCCC43)ccc21. The van der Waals surface area contributed by atoms with Gasteiger partial charge in [-0.25, -0.2) is 17.9 Å². The average molecular weight is 336 g/mol. The highest BCUT2D eigenvalue weighted by atomic mass is 32.2. The van der Waals surface area contributed by atoms with Gasteiger partial charge in [-0.2, -0.15) is 0 Å². The zero-order valence-corrected chi connectivity index (χ0v) is 13.8. The molecule has 0 aliphatic heterocycles. The molecular weight excluding hydrogens is 316 g/mol. The van der Waals surface area contributed by atoms with Crippen molar-refractivity contribution in [1.82, 2.24) is 9.29 Å². The van der Waals surface area contributed by atoms with Crippen LogP contribution >= 0.6 is 0 Å². The Morgan fingerprint density at radius 3 is 2.61 bits per heavy atom. The number of aryl methyl sites for hydroxylation is 1. The molecule has 4 rings (SSSR count). The summed E-state index contributed by atoms with van der Waals surface area (Å²) in [5.74, 6) is 0.543. The molecule has 1 aromatic carbocycles. The second kappa shape index (κ2) is 5.21. The molecule has 1 N–H and O–H groups in total. The highest BCUT2D eigenvalue weighted by Crippen LogP contribution is 2.50. The van der Waals surface area contributed by atoms with Crippen LogP contribution < -0.4 is 10.5 Å². The van der Waals surface area contributed by atoms with Crippen molar-refractivity contribution in [1.29, 1.82) is 0 Å². The van der Waals surface area contributed by atoms with Crippen molar-refractivity contribution in [2.45, 2.75) is 50.1 Å². The lowest BCUT2D eigenvalue weighted by atomic mass is 10.0. The van der Waals surface area contributed by atoms with E-state index in [0.29, 0.717) is 29.5 Å². The monoisotopic (exact) mass is 336 g/mol. The van der Waals surface area contributed by atoms with Gasteiger partial charge in [-0.05, 0) is 43.7 Å². The molecule has 0 bridgehead atoms.